The van der Waals surface area contributed by atoms with E-state index in [1.807, 2.05) is 42.6 Å². The highest BCUT2D eigenvalue weighted by molar-refractivity contribution is 5.57. The molecule has 0 spiro atoms. The summed E-state index contributed by atoms with van der Waals surface area (Å²) >= 11 is 0. The van der Waals surface area contributed by atoms with Gasteiger partial charge in [0.2, 0.25) is 0 Å². The van der Waals surface area contributed by atoms with E-state index in [9.17, 15) is 0 Å². The molecule has 0 atom stereocenters. The summed E-state index contributed by atoms with van der Waals surface area (Å²) in [6.07, 6.45) is 5.06. The third-order valence-electron chi connectivity index (χ3n) is 4.50. The van der Waals surface area contributed by atoms with Gasteiger partial charge < -0.3 is 10.0 Å². The van der Waals surface area contributed by atoms with Crippen molar-refractivity contribution in [3.8, 4) is 11.4 Å². The fourth-order valence-electron chi connectivity index (χ4n) is 3.08. The normalized spacial score (nSPS) is 15.6. The number of anilines is 1. The third-order valence-corrected chi connectivity index (χ3v) is 4.50. The minimum atomic E-state index is 0.311. The van der Waals surface area contributed by atoms with E-state index >= 15 is 0 Å². The molecule has 1 fully saturated rings. The molecular weight excluding hydrogens is 300 g/mol. The highest BCUT2D eigenvalue weighted by Gasteiger charge is 2.18. The fraction of sp³-hybridized carbons (Fsp3) is 0.474. The Balaban J connectivity index is 1.55. The molecule has 0 bridgehead atoms. The SMILES string of the molecule is OCCCCCN1CCN(c2ccnc(-c3ccccc3)n2)CC1. The molecule has 0 saturated carbocycles. The molecule has 3 rings (SSSR count). The van der Waals surface area contributed by atoms with Gasteiger partial charge in [0.15, 0.2) is 5.82 Å². The van der Waals surface area contributed by atoms with E-state index in [4.69, 9.17) is 10.1 Å². The molecule has 2 aromatic rings. The summed E-state index contributed by atoms with van der Waals surface area (Å²) in [5.74, 6) is 1.81. The summed E-state index contributed by atoms with van der Waals surface area (Å²) in [4.78, 5) is 14.0. The lowest BCUT2D eigenvalue weighted by Gasteiger charge is -2.35. The number of rotatable bonds is 7. The number of aromatic nitrogens is 2. The molecule has 0 aliphatic carbocycles. The molecule has 0 unspecified atom stereocenters. The second-order valence-corrected chi connectivity index (χ2v) is 6.22. The number of hydrogen-bond acceptors (Lipinski definition) is 5. The summed E-state index contributed by atoms with van der Waals surface area (Å²) in [6, 6.07) is 12.1. The number of piperazine rings is 1. The van der Waals surface area contributed by atoms with Crippen LogP contribution in [-0.4, -0.2) is 59.3 Å². The standard InChI is InChI=1S/C19H26N4O/c24-16-6-2-5-11-22-12-14-23(15-13-22)18-9-10-20-19(21-18)17-7-3-1-4-8-17/h1,3-4,7-10,24H,2,5-6,11-16H2. The summed E-state index contributed by atoms with van der Waals surface area (Å²) in [5, 5.41) is 8.84. The number of unbranched alkanes of at least 4 members (excludes halogenated alkanes) is 2. The van der Waals surface area contributed by atoms with Gasteiger partial charge >= 0.3 is 0 Å². The van der Waals surface area contributed by atoms with Gasteiger partial charge in [-0.05, 0) is 31.9 Å². The Hall–Kier alpha value is -1.98. The number of hydrogen-bond donors (Lipinski definition) is 1. The second-order valence-electron chi connectivity index (χ2n) is 6.22. The van der Waals surface area contributed by atoms with E-state index in [2.05, 4.69) is 14.8 Å². The molecule has 1 N–H and O–H groups in total. The molecule has 1 aliphatic heterocycles. The Morgan fingerprint density at radius 3 is 2.46 bits per heavy atom. The summed E-state index contributed by atoms with van der Waals surface area (Å²) in [7, 11) is 0. The van der Waals surface area contributed by atoms with Gasteiger partial charge in [-0.15, -0.1) is 0 Å². The van der Waals surface area contributed by atoms with Gasteiger partial charge in [-0.2, -0.15) is 0 Å². The first kappa shape index (κ1) is 16.9. The van der Waals surface area contributed by atoms with E-state index in [1.54, 1.807) is 0 Å². The van der Waals surface area contributed by atoms with Crippen LogP contribution in [0.3, 0.4) is 0 Å². The molecule has 1 aromatic carbocycles. The van der Waals surface area contributed by atoms with Crippen molar-refractivity contribution in [2.24, 2.45) is 0 Å². The predicted octanol–water partition coefficient (Wildman–Crippen LogP) is 2.43. The van der Waals surface area contributed by atoms with E-state index in [1.165, 1.54) is 6.42 Å². The van der Waals surface area contributed by atoms with Gasteiger partial charge in [-0.25, -0.2) is 9.97 Å². The van der Waals surface area contributed by atoms with Crippen molar-refractivity contribution < 1.29 is 5.11 Å². The largest absolute Gasteiger partial charge is 0.396 e. The smallest absolute Gasteiger partial charge is 0.161 e. The monoisotopic (exact) mass is 326 g/mol. The van der Waals surface area contributed by atoms with Crippen LogP contribution >= 0.6 is 0 Å². The lowest BCUT2D eigenvalue weighted by molar-refractivity contribution is 0.242. The number of aliphatic hydroxyl groups excluding tert-OH is 1. The third kappa shape index (κ3) is 4.52. The molecule has 1 aromatic heterocycles. The zero-order valence-corrected chi connectivity index (χ0v) is 14.1. The summed E-state index contributed by atoms with van der Waals surface area (Å²) < 4.78 is 0. The predicted molar refractivity (Wildman–Crippen MR) is 97.1 cm³/mol. The first-order valence-electron chi connectivity index (χ1n) is 8.83. The van der Waals surface area contributed by atoms with Crippen LogP contribution in [0, 0.1) is 0 Å². The van der Waals surface area contributed by atoms with Crippen LogP contribution in [-0.2, 0) is 0 Å². The van der Waals surface area contributed by atoms with Crippen LogP contribution in [0.1, 0.15) is 19.3 Å². The Bertz CT molecular complexity index is 612. The molecule has 128 valence electrons. The van der Waals surface area contributed by atoms with Crippen molar-refractivity contribution >= 4 is 5.82 Å². The summed E-state index contributed by atoms with van der Waals surface area (Å²) in [6.45, 7) is 5.60. The van der Waals surface area contributed by atoms with Crippen molar-refractivity contribution in [2.75, 3.05) is 44.2 Å². The zero-order valence-electron chi connectivity index (χ0n) is 14.1. The van der Waals surface area contributed by atoms with Gasteiger partial charge in [0.1, 0.15) is 5.82 Å². The van der Waals surface area contributed by atoms with Crippen LogP contribution in [0.2, 0.25) is 0 Å². The van der Waals surface area contributed by atoms with Crippen molar-refractivity contribution in [3.63, 3.8) is 0 Å². The van der Waals surface area contributed by atoms with Gasteiger partial charge in [0, 0.05) is 44.5 Å². The number of nitrogens with zero attached hydrogens (tertiary/aromatic N) is 4. The van der Waals surface area contributed by atoms with Crippen molar-refractivity contribution in [3.05, 3.63) is 42.6 Å². The fourth-order valence-corrected chi connectivity index (χ4v) is 3.08. The van der Waals surface area contributed by atoms with Crippen molar-refractivity contribution in [1.82, 2.24) is 14.9 Å². The van der Waals surface area contributed by atoms with E-state index in [0.717, 1.165) is 62.8 Å². The average molecular weight is 326 g/mol. The Morgan fingerprint density at radius 1 is 0.917 bits per heavy atom. The van der Waals surface area contributed by atoms with Crippen LogP contribution < -0.4 is 4.90 Å². The highest BCUT2D eigenvalue weighted by atomic mass is 16.2. The Kier molecular flexibility index (Phi) is 6.15. The Morgan fingerprint density at radius 2 is 1.71 bits per heavy atom. The van der Waals surface area contributed by atoms with Gasteiger partial charge in [0.25, 0.3) is 0 Å². The maximum absolute atomic E-state index is 8.84. The van der Waals surface area contributed by atoms with E-state index in [-0.39, 0.29) is 0 Å². The molecule has 24 heavy (non-hydrogen) atoms. The van der Waals surface area contributed by atoms with Crippen molar-refractivity contribution in [2.45, 2.75) is 19.3 Å². The lowest BCUT2D eigenvalue weighted by atomic mass is 10.2. The quantitative estimate of drug-likeness (QED) is 0.792. The highest BCUT2D eigenvalue weighted by Crippen LogP contribution is 2.19. The molecule has 5 nitrogen and oxygen atoms in total. The van der Waals surface area contributed by atoms with E-state index < -0.39 is 0 Å². The molecule has 2 heterocycles. The molecular formula is C19H26N4O. The topological polar surface area (TPSA) is 52.5 Å². The minimum absolute atomic E-state index is 0.311. The second kappa shape index (κ2) is 8.76. The van der Waals surface area contributed by atoms with Crippen LogP contribution in [0.25, 0.3) is 11.4 Å². The zero-order chi connectivity index (χ0) is 16.6. The molecule has 0 radical (unpaired) electrons. The van der Waals surface area contributed by atoms with Gasteiger partial charge in [-0.1, -0.05) is 30.3 Å². The van der Waals surface area contributed by atoms with Gasteiger partial charge in [-0.3, -0.25) is 4.90 Å². The molecule has 5 heteroatoms. The van der Waals surface area contributed by atoms with Crippen LogP contribution in [0.5, 0.6) is 0 Å². The maximum Gasteiger partial charge on any atom is 0.161 e. The molecule has 1 aliphatic rings. The molecule has 0 amide bonds. The Labute approximate surface area is 144 Å². The number of aliphatic hydroxyl groups is 1. The van der Waals surface area contributed by atoms with Gasteiger partial charge in [0.05, 0.1) is 0 Å². The lowest BCUT2D eigenvalue weighted by Crippen LogP contribution is -2.47. The van der Waals surface area contributed by atoms with Crippen LogP contribution in [0.15, 0.2) is 42.6 Å². The maximum atomic E-state index is 8.84. The average Bonchev–Trinajstić information content (AvgIpc) is 2.67. The van der Waals surface area contributed by atoms with Crippen LogP contribution in [0.4, 0.5) is 5.82 Å². The number of benzene rings is 1. The minimum Gasteiger partial charge on any atom is -0.396 e. The molecule has 1 saturated heterocycles. The summed E-state index contributed by atoms with van der Waals surface area (Å²) in [5.41, 5.74) is 1.06. The first-order valence-corrected chi connectivity index (χ1v) is 8.83. The first-order chi connectivity index (χ1) is 11.9. The van der Waals surface area contributed by atoms with E-state index in [0.29, 0.717) is 6.61 Å². The van der Waals surface area contributed by atoms with Crippen molar-refractivity contribution in [1.29, 1.82) is 0 Å².